The number of halogens is 3. The number of rotatable bonds is 3. The molecule has 0 aliphatic carbocycles. The first kappa shape index (κ1) is 21.7. The monoisotopic (exact) mass is 494 g/mol. The molecular weight excluding hydrogens is 479 g/mol. The van der Waals surface area contributed by atoms with Crippen LogP contribution in [0.2, 0.25) is 15.1 Å². The predicted octanol–water partition coefficient (Wildman–Crippen LogP) is 6.82. The van der Waals surface area contributed by atoms with E-state index < -0.39 is 0 Å². The van der Waals surface area contributed by atoms with E-state index in [1.807, 2.05) is 26.0 Å². The van der Waals surface area contributed by atoms with Gasteiger partial charge in [0.2, 0.25) is 0 Å². The van der Waals surface area contributed by atoms with E-state index in [1.165, 1.54) is 4.57 Å². The maximum absolute atomic E-state index is 14.0. The first-order valence-corrected chi connectivity index (χ1v) is 11.3. The molecule has 5 rings (SSSR count). The second-order valence-electron chi connectivity index (χ2n) is 7.81. The summed E-state index contributed by atoms with van der Waals surface area (Å²) >= 11 is 18.7. The number of aromatic nitrogens is 4. The first-order chi connectivity index (χ1) is 15.8. The van der Waals surface area contributed by atoms with Gasteiger partial charge in [-0.15, -0.1) is 0 Å². The highest BCUT2D eigenvalue weighted by atomic mass is 35.5. The molecule has 33 heavy (non-hydrogen) atoms. The summed E-state index contributed by atoms with van der Waals surface area (Å²) in [6.45, 7) is 4.03. The van der Waals surface area contributed by atoms with Crippen molar-refractivity contribution in [3.63, 3.8) is 0 Å². The third-order valence-corrected chi connectivity index (χ3v) is 6.12. The minimum absolute atomic E-state index is 0.278. The van der Waals surface area contributed by atoms with Crippen molar-refractivity contribution in [1.82, 2.24) is 19.1 Å². The SMILES string of the molecule is Cc1cc(C)cc(-n2cnc3nc(-c4ccc(Cl)cc4Cl)n(-c4ccc(Cl)cc4)c(=O)c32)c1. The molecule has 0 aliphatic heterocycles. The lowest BCUT2D eigenvalue weighted by molar-refractivity contribution is 0.958. The third kappa shape index (κ3) is 3.93. The average molecular weight is 496 g/mol. The second kappa shape index (κ2) is 8.34. The summed E-state index contributed by atoms with van der Waals surface area (Å²) in [4.78, 5) is 23.2. The number of hydrogen-bond acceptors (Lipinski definition) is 3. The van der Waals surface area contributed by atoms with E-state index in [1.54, 1.807) is 53.4 Å². The largest absolute Gasteiger partial charge is 0.293 e. The second-order valence-corrected chi connectivity index (χ2v) is 9.09. The molecule has 0 aliphatic rings. The molecule has 0 saturated heterocycles. The van der Waals surface area contributed by atoms with E-state index >= 15 is 0 Å². The van der Waals surface area contributed by atoms with E-state index in [2.05, 4.69) is 11.1 Å². The molecule has 2 heterocycles. The highest BCUT2D eigenvalue weighted by Gasteiger charge is 2.20. The minimum atomic E-state index is -0.278. The van der Waals surface area contributed by atoms with Gasteiger partial charge in [0.25, 0.3) is 5.56 Å². The maximum atomic E-state index is 14.0. The molecule has 5 nitrogen and oxygen atoms in total. The zero-order valence-corrected chi connectivity index (χ0v) is 19.9. The summed E-state index contributed by atoms with van der Waals surface area (Å²) in [5.41, 5.74) is 4.59. The normalized spacial score (nSPS) is 11.3. The maximum Gasteiger partial charge on any atom is 0.285 e. The molecule has 0 amide bonds. The van der Waals surface area contributed by atoms with Crippen molar-refractivity contribution in [2.75, 3.05) is 0 Å². The van der Waals surface area contributed by atoms with E-state index in [4.69, 9.17) is 39.8 Å². The number of fused-ring (bicyclic) bond motifs is 1. The lowest BCUT2D eigenvalue weighted by atomic mass is 10.1. The fourth-order valence-corrected chi connectivity index (χ4v) is 4.56. The molecule has 0 fully saturated rings. The lowest BCUT2D eigenvalue weighted by Gasteiger charge is -2.15. The topological polar surface area (TPSA) is 52.7 Å². The van der Waals surface area contributed by atoms with Crippen LogP contribution < -0.4 is 5.56 Å². The van der Waals surface area contributed by atoms with E-state index in [9.17, 15) is 4.79 Å². The fourth-order valence-electron chi connectivity index (χ4n) is 3.94. The van der Waals surface area contributed by atoms with Crippen LogP contribution in [0.25, 0.3) is 33.9 Å². The summed E-state index contributed by atoms with van der Waals surface area (Å²) in [5, 5.41) is 1.43. The number of benzene rings is 3. The zero-order chi connectivity index (χ0) is 23.3. The summed E-state index contributed by atoms with van der Waals surface area (Å²) in [6, 6.07) is 18.1. The standard InChI is InChI=1S/C25H17Cl3N4O/c1-14-9-15(2)11-19(10-14)31-13-29-23-22(31)25(33)32(18-6-3-16(26)4-7-18)24(30-23)20-8-5-17(27)12-21(20)28/h3-13H,1-2H3. The van der Waals surface area contributed by atoms with E-state index in [0.717, 1.165) is 16.8 Å². The van der Waals surface area contributed by atoms with Crippen molar-refractivity contribution in [2.45, 2.75) is 13.8 Å². The molecule has 0 unspecified atom stereocenters. The van der Waals surface area contributed by atoms with Crippen molar-refractivity contribution < 1.29 is 0 Å². The van der Waals surface area contributed by atoms with Crippen molar-refractivity contribution in [3.05, 3.63) is 104 Å². The van der Waals surface area contributed by atoms with E-state index in [0.29, 0.717) is 43.3 Å². The molecule has 5 aromatic rings. The van der Waals surface area contributed by atoms with Crippen molar-refractivity contribution >= 4 is 46.0 Å². The summed E-state index contributed by atoms with van der Waals surface area (Å²) in [5.74, 6) is 0.363. The van der Waals surface area contributed by atoms with Crippen LogP contribution in [0.3, 0.4) is 0 Å². The molecule has 0 radical (unpaired) electrons. The van der Waals surface area contributed by atoms with Gasteiger partial charge in [0.1, 0.15) is 6.33 Å². The Kier molecular flexibility index (Phi) is 5.49. The molecule has 0 bridgehead atoms. The molecule has 8 heteroatoms. The minimum Gasteiger partial charge on any atom is -0.293 e. The molecular formula is C25H17Cl3N4O. The Balaban J connectivity index is 1.87. The Morgan fingerprint density at radius 2 is 1.45 bits per heavy atom. The highest BCUT2D eigenvalue weighted by Crippen LogP contribution is 2.31. The summed E-state index contributed by atoms with van der Waals surface area (Å²) < 4.78 is 3.29. The molecule has 3 aromatic carbocycles. The van der Waals surface area contributed by atoms with Crippen LogP contribution in [0.4, 0.5) is 0 Å². The van der Waals surface area contributed by atoms with Gasteiger partial charge < -0.3 is 0 Å². The van der Waals surface area contributed by atoms with E-state index in [-0.39, 0.29) is 5.56 Å². The van der Waals surface area contributed by atoms with Crippen molar-refractivity contribution in [3.8, 4) is 22.8 Å². The quantitative estimate of drug-likeness (QED) is 0.276. The highest BCUT2D eigenvalue weighted by molar-refractivity contribution is 6.36. The van der Waals surface area contributed by atoms with Gasteiger partial charge in [0.15, 0.2) is 17.0 Å². The first-order valence-electron chi connectivity index (χ1n) is 10.1. The molecule has 2 aromatic heterocycles. The van der Waals surface area contributed by atoms with Crippen LogP contribution in [0.5, 0.6) is 0 Å². The molecule has 0 spiro atoms. The Morgan fingerprint density at radius 1 is 0.788 bits per heavy atom. The van der Waals surface area contributed by atoms with Crippen LogP contribution >= 0.6 is 34.8 Å². The lowest BCUT2D eigenvalue weighted by Crippen LogP contribution is -2.23. The zero-order valence-electron chi connectivity index (χ0n) is 17.7. The number of nitrogens with zero attached hydrogens (tertiary/aromatic N) is 4. The van der Waals surface area contributed by atoms with Gasteiger partial charge in [-0.1, -0.05) is 40.9 Å². The Bertz CT molecular complexity index is 1570. The summed E-state index contributed by atoms with van der Waals surface area (Å²) in [6.07, 6.45) is 1.62. The van der Waals surface area contributed by atoms with Crippen molar-refractivity contribution in [2.24, 2.45) is 0 Å². The van der Waals surface area contributed by atoms with Gasteiger partial charge in [-0.05, 0) is 79.6 Å². The van der Waals surface area contributed by atoms with Gasteiger partial charge in [-0.25, -0.2) is 9.97 Å². The average Bonchev–Trinajstić information content (AvgIpc) is 3.18. The molecule has 0 atom stereocenters. The van der Waals surface area contributed by atoms with Crippen LogP contribution in [0.1, 0.15) is 11.1 Å². The van der Waals surface area contributed by atoms with Gasteiger partial charge in [-0.3, -0.25) is 13.9 Å². The number of hydrogen-bond donors (Lipinski definition) is 0. The van der Waals surface area contributed by atoms with Crippen LogP contribution in [0, 0.1) is 13.8 Å². The third-order valence-electron chi connectivity index (χ3n) is 5.32. The Morgan fingerprint density at radius 3 is 2.12 bits per heavy atom. The van der Waals surface area contributed by atoms with Gasteiger partial charge in [0.05, 0.1) is 10.7 Å². The van der Waals surface area contributed by atoms with Crippen LogP contribution in [-0.2, 0) is 0 Å². The summed E-state index contributed by atoms with van der Waals surface area (Å²) in [7, 11) is 0. The fraction of sp³-hybridized carbons (Fsp3) is 0.0800. The molecule has 0 saturated carbocycles. The van der Waals surface area contributed by atoms with Gasteiger partial charge >= 0.3 is 0 Å². The molecule has 164 valence electrons. The van der Waals surface area contributed by atoms with Gasteiger partial charge in [0, 0.05) is 21.3 Å². The van der Waals surface area contributed by atoms with Crippen molar-refractivity contribution in [1.29, 1.82) is 0 Å². The smallest absolute Gasteiger partial charge is 0.285 e. The van der Waals surface area contributed by atoms with Gasteiger partial charge in [-0.2, -0.15) is 0 Å². The predicted molar refractivity (Wildman–Crippen MR) is 134 cm³/mol. The Hall–Kier alpha value is -3.12. The number of imidazole rings is 1. The number of aryl methyl sites for hydroxylation is 2. The van der Waals surface area contributed by atoms with Crippen LogP contribution in [0.15, 0.2) is 71.8 Å². The Labute approximate surface area is 204 Å². The van der Waals surface area contributed by atoms with Crippen LogP contribution in [-0.4, -0.2) is 19.1 Å². The molecule has 0 N–H and O–H groups in total.